The van der Waals surface area contributed by atoms with Gasteiger partial charge in [-0.2, -0.15) is 0 Å². The van der Waals surface area contributed by atoms with E-state index in [-0.39, 0.29) is 18.1 Å². The van der Waals surface area contributed by atoms with E-state index in [0.717, 1.165) is 23.3 Å². The van der Waals surface area contributed by atoms with Crippen molar-refractivity contribution in [3.05, 3.63) is 29.3 Å². The van der Waals surface area contributed by atoms with Gasteiger partial charge in [0, 0.05) is 5.54 Å². The van der Waals surface area contributed by atoms with Gasteiger partial charge < -0.3 is 15.4 Å². The van der Waals surface area contributed by atoms with Crippen LogP contribution in [-0.4, -0.2) is 23.2 Å². The molecule has 1 amide bonds. The Morgan fingerprint density at radius 2 is 1.73 bits per heavy atom. The van der Waals surface area contributed by atoms with Crippen LogP contribution in [0.5, 0.6) is 5.75 Å². The number of hydrogen-bond donors (Lipinski definition) is 2. The summed E-state index contributed by atoms with van der Waals surface area (Å²) in [5, 5.41) is 6.78. The lowest BCUT2D eigenvalue weighted by molar-refractivity contribution is -0.121. The normalized spacial score (nSPS) is 31.5. The number of aryl methyl sites for hydroxylation is 2. The summed E-state index contributed by atoms with van der Waals surface area (Å²) in [6, 6.07) is 5.85. The summed E-state index contributed by atoms with van der Waals surface area (Å²) in [6.07, 6.45) is 7.79. The van der Waals surface area contributed by atoms with Crippen molar-refractivity contribution in [2.75, 3.05) is 6.61 Å². The van der Waals surface area contributed by atoms with Crippen LogP contribution in [0, 0.1) is 31.6 Å². The highest BCUT2D eigenvalue weighted by molar-refractivity contribution is 7.80. The molecule has 1 aromatic rings. The molecule has 0 heterocycles. The number of hydrogen-bond acceptors (Lipinski definition) is 3. The quantitative estimate of drug-likeness (QED) is 0.793. The number of amides is 1. The molecular formula is C21H28N2O2S. The molecule has 4 fully saturated rings. The summed E-state index contributed by atoms with van der Waals surface area (Å²) < 4.78 is 5.60. The number of thiocarbonyl (C=S) groups is 1. The zero-order valence-corrected chi connectivity index (χ0v) is 16.5. The summed E-state index contributed by atoms with van der Waals surface area (Å²) in [6.45, 7) is 4.07. The van der Waals surface area contributed by atoms with Gasteiger partial charge in [-0.05, 0) is 106 Å². The molecule has 1 aromatic carbocycles. The SMILES string of the molecule is Cc1ccc(OCC(=O)NC(=S)NC23CC4CC(CC(C4)C2)C3)cc1C. The van der Waals surface area contributed by atoms with Crippen LogP contribution in [0.1, 0.15) is 49.7 Å². The Hall–Kier alpha value is -1.62. The maximum atomic E-state index is 12.2. The molecule has 2 N–H and O–H groups in total. The highest BCUT2D eigenvalue weighted by atomic mass is 32.1. The highest BCUT2D eigenvalue weighted by Gasteiger charge is 2.51. The summed E-state index contributed by atoms with van der Waals surface area (Å²) in [5.41, 5.74) is 2.48. The minimum atomic E-state index is -0.203. The van der Waals surface area contributed by atoms with Crippen LogP contribution in [0.15, 0.2) is 18.2 Å². The molecule has 0 radical (unpaired) electrons. The van der Waals surface area contributed by atoms with Gasteiger partial charge >= 0.3 is 0 Å². The fourth-order valence-electron chi connectivity index (χ4n) is 5.65. The van der Waals surface area contributed by atoms with Crippen molar-refractivity contribution in [3.63, 3.8) is 0 Å². The van der Waals surface area contributed by atoms with Crippen LogP contribution < -0.4 is 15.4 Å². The molecule has 5 rings (SSSR count). The fraction of sp³-hybridized carbons (Fsp3) is 0.619. The Labute approximate surface area is 161 Å². The van der Waals surface area contributed by atoms with Gasteiger partial charge in [0.2, 0.25) is 0 Å². The fourth-order valence-corrected chi connectivity index (χ4v) is 5.98. The standard InChI is InChI=1S/C21H28N2O2S/c1-13-3-4-18(5-14(13)2)25-12-19(24)22-20(26)23-21-9-15-6-16(10-21)8-17(7-15)11-21/h3-5,15-17H,6-12H2,1-2H3,(H2,22,23,24,26). The topological polar surface area (TPSA) is 50.4 Å². The third-order valence-electron chi connectivity index (χ3n) is 6.52. The van der Waals surface area contributed by atoms with Crippen molar-refractivity contribution in [1.82, 2.24) is 10.6 Å². The molecule has 4 aliphatic rings. The molecule has 0 atom stereocenters. The third-order valence-corrected chi connectivity index (χ3v) is 6.72. The average Bonchev–Trinajstić information content (AvgIpc) is 2.54. The first-order valence-corrected chi connectivity index (χ1v) is 10.1. The number of carbonyl (C=O) groups is 1. The number of benzene rings is 1. The Bertz CT molecular complexity index is 695. The molecule has 0 saturated heterocycles. The summed E-state index contributed by atoms with van der Waals surface area (Å²) in [4.78, 5) is 12.2. The summed E-state index contributed by atoms with van der Waals surface area (Å²) >= 11 is 5.44. The van der Waals surface area contributed by atoms with Crippen LogP contribution in [-0.2, 0) is 4.79 Å². The molecule has 0 unspecified atom stereocenters. The van der Waals surface area contributed by atoms with Crippen molar-refractivity contribution >= 4 is 23.2 Å². The maximum absolute atomic E-state index is 12.2. The van der Waals surface area contributed by atoms with Gasteiger partial charge in [0.05, 0.1) is 0 Å². The second-order valence-electron chi connectivity index (χ2n) is 8.73. The van der Waals surface area contributed by atoms with Gasteiger partial charge in [0.15, 0.2) is 11.7 Å². The van der Waals surface area contributed by atoms with Crippen molar-refractivity contribution in [1.29, 1.82) is 0 Å². The van der Waals surface area contributed by atoms with Gasteiger partial charge in [-0.1, -0.05) is 6.07 Å². The van der Waals surface area contributed by atoms with Gasteiger partial charge in [0.25, 0.3) is 5.91 Å². The molecule has 4 nitrogen and oxygen atoms in total. The van der Waals surface area contributed by atoms with Crippen LogP contribution in [0.3, 0.4) is 0 Å². The van der Waals surface area contributed by atoms with Crippen LogP contribution in [0.4, 0.5) is 0 Å². The molecule has 140 valence electrons. The van der Waals surface area contributed by atoms with E-state index in [0.29, 0.717) is 10.9 Å². The third kappa shape index (κ3) is 3.73. The summed E-state index contributed by atoms with van der Waals surface area (Å²) in [5.74, 6) is 3.05. The average molecular weight is 373 g/mol. The maximum Gasteiger partial charge on any atom is 0.264 e. The van der Waals surface area contributed by atoms with E-state index in [1.165, 1.54) is 44.1 Å². The Morgan fingerprint density at radius 3 is 2.31 bits per heavy atom. The molecule has 26 heavy (non-hydrogen) atoms. The lowest BCUT2D eigenvalue weighted by Gasteiger charge is -2.57. The Balaban J connectivity index is 1.28. The lowest BCUT2D eigenvalue weighted by atomic mass is 9.53. The first-order chi connectivity index (χ1) is 12.4. The van der Waals surface area contributed by atoms with Gasteiger partial charge in [-0.3, -0.25) is 4.79 Å². The minimum Gasteiger partial charge on any atom is -0.484 e. The smallest absolute Gasteiger partial charge is 0.264 e. The van der Waals surface area contributed by atoms with E-state index in [2.05, 4.69) is 17.6 Å². The Kier molecular flexibility index (Phi) is 4.68. The molecule has 5 heteroatoms. The van der Waals surface area contributed by atoms with E-state index in [4.69, 9.17) is 17.0 Å². The zero-order valence-electron chi connectivity index (χ0n) is 15.6. The van der Waals surface area contributed by atoms with E-state index >= 15 is 0 Å². The first kappa shape index (κ1) is 17.8. The van der Waals surface area contributed by atoms with Crippen LogP contribution >= 0.6 is 12.2 Å². The van der Waals surface area contributed by atoms with Gasteiger partial charge in [-0.15, -0.1) is 0 Å². The molecule has 0 aliphatic heterocycles. The van der Waals surface area contributed by atoms with E-state index < -0.39 is 0 Å². The largest absolute Gasteiger partial charge is 0.484 e. The number of carbonyl (C=O) groups excluding carboxylic acids is 1. The molecule has 4 bridgehead atoms. The van der Waals surface area contributed by atoms with E-state index in [9.17, 15) is 4.79 Å². The molecular weight excluding hydrogens is 344 g/mol. The van der Waals surface area contributed by atoms with E-state index in [1.807, 2.05) is 25.1 Å². The van der Waals surface area contributed by atoms with Crippen LogP contribution in [0.2, 0.25) is 0 Å². The molecule has 4 saturated carbocycles. The second kappa shape index (κ2) is 6.84. The first-order valence-electron chi connectivity index (χ1n) is 9.73. The zero-order chi connectivity index (χ0) is 18.3. The predicted octanol–water partition coefficient (Wildman–Crippen LogP) is 3.64. The summed E-state index contributed by atoms with van der Waals surface area (Å²) in [7, 11) is 0. The molecule has 0 aromatic heterocycles. The van der Waals surface area contributed by atoms with Gasteiger partial charge in [-0.25, -0.2) is 0 Å². The van der Waals surface area contributed by atoms with Crippen molar-refractivity contribution in [3.8, 4) is 5.75 Å². The van der Waals surface area contributed by atoms with Crippen molar-refractivity contribution < 1.29 is 9.53 Å². The van der Waals surface area contributed by atoms with Crippen molar-refractivity contribution in [2.24, 2.45) is 17.8 Å². The predicted molar refractivity (Wildman–Crippen MR) is 106 cm³/mol. The van der Waals surface area contributed by atoms with Gasteiger partial charge in [0.1, 0.15) is 5.75 Å². The highest BCUT2D eigenvalue weighted by Crippen LogP contribution is 2.55. The Morgan fingerprint density at radius 1 is 1.12 bits per heavy atom. The van der Waals surface area contributed by atoms with Crippen LogP contribution in [0.25, 0.3) is 0 Å². The van der Waals surface area contributed by atoms with Crippen molar-refractivity contribution in [2.45, 2.75) is 57.9 Å². The monoisotopic (exact) mass is 372 g/mol. The molecule has 4 aliphatic carbocycles. The number of rotatable bonds is 4. The number of nitrogens with one attached hydrogen (secondary N) is 2. The minimum absolute atomic E-state index is 0.0226. The number of ether oxygens (including phenoxy) is 1. The molecule has 0 spiro atoms. The second-order valence-corrected chi connectivity index (χ2v) is 9.14. The van der Waals surface area contributed by atoms with E-state index in [1.54, 1.807) is 0 Å². The lowest BCUT2D eigenvalue weighted by Crippen LogP contribution is -2.62.